The predicted molar refractivity (Wildman–Crippen MR) is 82.8 cm³/mol. The zero-order valence-electron chi connectivity index (χ0n) is 13.7. The second-order valence-electron chi connectivity index (χ2n) is 7.78. The van der Waals surface area contributed by atoms with Crippen molar-refractivity contribution in [3.63, 3.8) is 0 Å². The Labute approximate surface area is 127 Å². The van der Waals surface area contributed by atoms with Gasteiger partial charge < -0.3 is 15.5 Å². The lowest BCUT2D eigenvalue weighted by atomic mass is 9.92. The van der Waals surface area contributed by atoms with Gasteiger partial charge in [-0.2, -0.15) is 0 Å². The van der Waals surface area contributed by atoms with Gasteiger partial charge in [0.1, 0.15) is 0 Å². The van der Waals surface area contributed by atoms with Crippen molar-refractivity contribution in [1.82, 2.24) is 15.5 Å². The zero-order chi connectivity index (χ0) is 15.6. The summed E-state index contributed by atoms with van der Waals surface area (Å²) in [5.41, 5.74) is -0.0483. The molecular weight excluding hydrogens is 266 g/mol. The molecule has 2 atom stereocenters. The topological polar surface area (TPSA) is 61.4 Å². The molecule has 120 valence electrons. The average molecular weight is 295 g/mol. The molecule has 2 N–H and O–H groups in total. The van der Waals surface area contributed by atoms with Crippen LogP contribution in [0.25, 0.3) is 0 Å². The van der Waals surface area contributed by atoms with E-state index in [1.54, 1.807) is 0 Å². The normalized spacial score (nSPS) is 28.3. The number of nitrogens with zero attached hydrogens (tertiary/aromatic N) is 1. The van der Waals surface area contributed by atoms with Crippen molar-refractivity contribution in [2.75, 3.05) is 13.6 Å². The van der Waals surface area contributed by atoms with E-state index in [2.05, 4.69) is 10.6 Å². The van der Waals surface area contributed by atoms with E-state index in [0.29, 0.717) is 24.5 Å². The van der Waals surface area contributed by atoms with Crippen molar-refractivity contribution < 1.29 is 9.59 Å². The third-order valence-electron chi connectivity index (χ3n) is 4.52. The number of hydrogen-bond acceptors (Lipinski definition) is 3. The maximum absolute atomic E-state index is 12.2. The Morgan fingerprint density at radius 2 is 1.76 bits per heavy atom. The van der Waals surface area contributed by atoms with E-state index < -0.39 is 0 Å². The maximum Gasteiger partial charge on any atom is 0.241 e. The minimum atomic E-state index is -0.0483. The Kier molecular flexibility index (Phi) is 4.91. The number of carbonyl (C=O) groups is 2. The Morgan fingerprint density at radius 3 is 2.29 bits per heavy atom. The molecule has 5 nitrogen and oxygen atoms in total. The van der Waals surface area contributed by atoms with Gasteiger partial charge in [0.2, 0.25) is 11.8 Å². The molecule has 0 aliphatic carbocycles. The lowest BCUT2D eigenvalue weighted by molar-refractivity contribution is -0.134. The van der Waals surface area contributed by atoms with Gasteiger partial charge in [-0.1, -0.05) is 20.8 Å². The van der Waals surface area contributed by atoms with Crippen molar-refractivity contribution in [1.29, 1.82) is 0 Å². The fourth-order valence-electron chi connectivity index (χ4n) is 3.39. The number of rotatable bonds is 4. The van der Waals surface area contributed by atoms with Crippen LogP contribution in [-0.2, 0) is 9.59 Å². The number of hydrogen-bond donors (Lipinski definition) is 2. The Morgan fingerprint density at radius 1 is 1.19 bits per heavy atom. The molecule has 2 unspecified atom stereocenters. The van der Waals surface area contributed by atoms with Gasteiger partial charge in [-0.05, 0) is 31.1 Å². The molecule has 2 bridgehead atoms. The van der Waals surface area contributed by atoms with Crippen molar-refractivity contribution in [3.05, 3.63) is 0 Å². The third-order valence-corrected chi connectivity index (χ3v) is 4.52. The molecule has 2 aliphatic rings. The van der Waals surface area contributed by atoms with E-state index in [9.17, 15) is 9.59 Å². The van der Waals surface area contributed by atoms with Gasteiger partial charge in [0, 0.05) is 31.6 Å². The Hall–Kier alpha value is -1.10. The summed E-state index contributed by atoms with van der Waals surface area (Å²) in [4.78, 5) is 25.9. The van der Waals surface area contributed by atoms with E-state index in [4.69, 9.17) is 0 Å². The predicted octanol–water partition coefficient (Wildman–Crippen LogP) is 1.28. The van der Waals surface area contributed by atoms with Crippen LogP contribution in [0.5, 0.6) is 0 Å². The van der Waals surface area contributed by atoms with Crippen LogP contribution in [0.4, 0.5) is 0 Å². The molecule has 2 fully saturated rings. The average Bonchev–Trinajstić information content (AvgIpc) is 2.72. The lowest BCUT2D eigenvalue weighted by Gasteiger charge is -2.35. The molecule has 2 heterocycles. The van der Waals surface area contributed by atoms with Crippen LogP contribution in [0.3, 0.4) is 0 Å². The zero-order valence-corrected chi connectivity index (χ0v) is 13.7. The molecule has 2 rings (SSSR count). The second kappa shape index (κ2) is 6.34. The standard InChI is InChI=1S/C16H29N3O2/c1-16(2,3)9-14(20)17-10-15(21)19(4)13-7-11-5-6-12(8-13)18-11/h11-13,18H,5-10H2,1-4H3,(H,17,20). The highest BCUT2D eigenvalue weighted by Gasteiger charge is 2.36. The first-order valence-electron chi connectivity index (χ1n) is 8.03. The van der Waals surface area contributed by atoms with Gasteiger partial charge in [0.25, 0.3) is 0 Å². The number of piperidine rings is 1. The van der Waals surface area contributed by atoms with Crippen LogP contribution in [0.15, 0.2) is 0 Å². The molecule has 0 aromatic carbocycles. The number of fused-ring (bicyclic) bond motifs is 2. The van der Waals surface area contributed by atoms with Crippen LogP contribution in [0, 0.1) is 5.41 Å². The highest BCUT2D eigenvalue weighted by Crippen LogP contribution is 2.29. The van der Waals surface area contributed by atoms with E-state index in [0.717, 1.165) is 12.8 Å². The Balaban J connectivity index is 1.76. The molecule has 0 radical (unpaired) electrons. The first kappa shape index (κ1) is 16.3. The second-order valence-corrected chi connectivity index (χ2v) is 7.78. The highest BCUT2D eigenvalue weighted by atomic mass is 16.2. The van der Waals surface area contributed by atoms with E-state index >= 15 is 0 Å². The minimum Gasteiger partial charge on any atom is -0.347 e. The number of nitrogens with one attached hydrogen (secondary N) is 2. The molecule has 0 saturated carbocycles. The first-order chi connectivity index (χ1) is 9.74. The van der Waals surface area contributed by atoms with Gasteiger partial charge in [0.15, 0.2) is 0 Å². The molecular formula is C16H29N3O2. The van der Waals surface area contributed by atoms with Crippen molar-refractivity contribution >= 4 is 11.8 Å². The molecule has 0 aromatic rings. The maximum atomic E-state index is 12.2. The van der Waals surface area contributed by atoms with Crippen LogP contribution < -0.4 is 10.6 Å². The van der Waals surface area contributed by atoms with E-state index in [1.807, 2.05) is 32.7 Å². The largest absolute Gasteiger partial charge is 0.347 e. The smallest absolute Gasteiger partial charge is 0.241 e. The van der Waals surface area contributed by atoms with Crippen molar-refractivity contribution in [2.24, 2.45) is 5.41 Å². The SMILES string of the molecule is CN(C(=O)CNC(=O)CC(C)(C)C)C1CC2CCC(C1)N2. The summed E-state index contributed by atoms with van der Waals surface area (Å²) < 4.78 is 0. The monoisotopic (exact) mass is 295 g/mol. The van der Waals surface area contributed by atoms with Gasteiger partial charge in [0.05, 0.1) is 6.54 Å². The molecule has 2 saturated heterocycles. The molecule has 2 amide bonds. The molecule has 0 aromatic heterocycles. The number of amides is 2. The van der Waals surface area contributed by atoms with Crippen LogP contribution in [0.2, 0.25) is 0 Å². The number of carbonyl (C=O) groups excluding carboxylic acids is 2. The summed E-state index contributed by atoms with van der Waals surface area (Å²) in [6.07, 6.45) is 4.97. The van der Waals surface area contributed by atoms with E-state index in [1.165, 1.54) is 12.8 Å². The van der Waals surface area contributed by atoms with Crippen LogP contribution >= 0.6 is 0 Å². The van der Waals surface area contributed by atoms with Gasteiger partial charge in [-0.3, -0.25) is 9.59 Å². The summed E-state index contributed by atoms with van der Waals surface area (Å²) in [7, 11) is 1.87. The fraction of sp³-hybridized carbons (Fsp3) is 0.875. The van der Waals surface area contributed by atoms with Crippen molar-refractivity contribution in [2.45, 2.75) is 71.0 Å². The highest BCUT2D eigenvalue weighted by molar-refractivity contribution is 5.85. The molecule has 0 spiro atoms. The summed E-state index contributed by atoms with van der Waals surface area (Å²) in [6.45, 7) is 6.17. The Bertz CT molecular complexity index is 391. The van der Waals surface area contributed by atoms with Crippen molar-refractivity contribution in [3.8, 4) is 0 Å². The quantitative estimate of drug-likeness (QED) is 0.821. The fourth-order valence-corrected chi connectivity index (χ4v) is 3.39. The van der Waals surface area contributed by atoms with Gasteiger partial charge in [-0.15, -0.1) is 0 Å². The molecule has 21 heavy (non-hydrogen) atoms. The van der Waals surface area contributed by atoms with E-state index in [-0.39, 0.29) is 23.8 Å². The third kappa shape index (κ3) is 4.70. The lowest BCUT2D eigenvalue weighted by Crippen LogP contribution is -2.50. The number of likely N-dealkylation sites (N-methyl/N-ethyl adjacent to an activating group) is 1. The first-order valence-corrected chi connectivity index (χ1v) is 8.03. The van der Waals surface area contributed by atoms with Gasteiger partial charge >= 0.3 is 0 Å². The summed E-state index contributed by atoms with van der Waals surface area (Å²) >= 11 is 0. The summed E-state index contributed by atoms with van der Waals surface area (Å²) in [5, 5.41) is 6.33. The minimum absolute atomic E-state index is 0.0172. The summed E-state index contributed by atoms with van der Waals surface area (Å²) in [6, 6.07) is 1.45. The molecule has 5 heteroatoms. The summed E-state index contributed by atoms with van der Waals surface area (Å²) in [5.74, 6) is -0.0295. The van der Waals surface area contributed by atoms with Crippen LogP contribution in [-0.4, -0.2) is 48.4 Å². The molecule has 2 aliphatic heterocycles. The van der Waals surface area contributed by atoms with Gasteiger partial charge in [-0.25, -0.2) is 0 Å². The van der Waals surface area contributed by atoms with Crippen LogP contribution in [0.1, 0.15) is 52.9 Å².